The van der Waals surface area contributed by atoms with E-state index in [9.17, 15) is 10.1 Å². The minimum absolute atomic E-state index is 0.0959. The molecule has 25 heavy (non-hydrogen) atoms. The van der Waals surface area contributed by atoms with Gasteiger partial charge >= 0.3 is 0 Å². The molecule has 7 nitrogen and oxygen atoms in total. The van der Waals surface area contributed by atoms with Crippen LogP contribution in [0.1, 0.15) is 24.8 Å². The van der Waals surface area contributed by atoms with Crippen LogP contribution in [0.25, 0.3) is 0 Å². The Morgan fingerprint density at radius 3 is 2.80 bits per heavy atom. The van der Waals surface area contributed by atoms with Crippen LogP contribution in [0.2, 0.25) is 0 Å². The van der Waals surface area contributed by atoms with E-state index in [1.54, 1.807) is 23.9 Å². The van der Waals surface area contributed by atoms with Crippen LogP contribution in [-0.2, 0) is 11.3 Å². The molecule has 0 aliphatic carbocycles. The third-order valence-electron chi connectivity index (χ3n) is 3.94. The number of nitro benzene ring substituents is 1. The van der Waals surface area contributed by atoms with Crippen molar-refractivity contribution in [2.45, 2.75) is 31.9 Å². The molecule has 0 aromatic heterocycles. The lowest BCUT2D eigenvalue weighted by Crippen LogP contribution is -2.43. The fraction of sp³-hybridized carbons (Fsp3) is 0.588. The number of guanidine groups is 1. The Hall–Kier alpha value is -1.80. The van der Waals surface area contributed by atoms with Gasteiger partial charge in [0.05, 0.1) is 17.6 Å². The van der Waals surface area contributed by atoms with Crippen LogP contribution < -0.4 is 10.6 Å². The topological polar surface area (TPSA) is 88.8 Å². The summed E-state index contributed by atoms with van der Waals surface area (Å²) in [4.78, 5) is 14.9. The highest BCUT2D eigenvalue weighted by molar-refractivity contribution is 7.98. The van der Waals surface area contributed by atoms with E-state index >= 15 is 0 Å². The molecule has 1 heterocycles. The van der Waals surface area contributed by atoms with Crippen molar-refractivity contribution in [1.29, 1.82) is 0 Å². The van der Waals surface area contributed by atoms with E-state index in [1.807, 2.05) is 0 Å². The van der Waals surface area contributed by atoms with Crippen molar-refractivity contribution < 1.29 is 9.66 Å². The van der Waals surface area contributed by atoms with Crippen molar-refractivity contribution in [3.05, 3.63) is 39.9 Å². The smallest absolute Gasteiger partial charge is 0.269 e. The molecule has 1 aliphatic heterocycles. The van der Waals surface area contributed by atoms with Gasteiger partial charge in [-0.1, -0.05) is 12.1 Å². The standard InChI is InChI=1S/C17H26N4O3S/c1-25-11-9-18-17(20-13-16-4-2-3-10-24-16)19-12-14-5-7-15(8-6-14)21(22)23/h5-8,16H,2-4,9-13H2,1H3,(H2,18,19,20). The number of aliphatic imine (C=N–C) groups is 1. The molecule has 1 aliphatic rings. The van der Waals surface area contributed by atoms with Crippen molar-refractivity contribution >= 4 is 23.4 Å². The molecule has 1 aromatic carbocycles. The fourth-order valence-corrected chi connectivity index (χ4v) is 2.82. The van der Waals surface area contributed by atoms with Crippen LogP contribution in [0, 0.1) is 10.1 Å². The van der Waals surface area contributed by atoms with Gasteiger partial charge in [0.1, 0.15) is 0 Å². The minimum atomic E-state index is -0.395. The van der Waals surface area contributed by atoms with E-state index in [-0.39, 0.29) is 11.8 Å². The zero-order valence-corrected chi connectivity index (χ0v) is 15.4. The molecule has 2 N–H and O–H groups in total. The number of non-ortho nitro benzene ring substituents is 1. The number of nitro groups is 1. The first-order valence-corrected chi connectivity index (χ1v) is 9.94. The van der Waals surface area contributed by atoms with Gasteiger partial charge in [0.2, 0.25) is 0 Å². The third kappa shape index (κ3) is 7.31. The molecule has 138 valence electrons. The van der Waals surface area contributed by atoms with Crippen molar-refractivity contribution in [2.75, 3.05) is 31.7 Å². The highest BCUT2D eigenvalue weighted by Crippen LogP contribution is 2.13. The molecule has 2 rings (SSSR count). The van der Waals surface area contributed by atoms with E-state index < -0.39 is 4.92 Å². The Labute approximate surface area is 152 Å². The van der Waals surface area contributed by atoms with Gasteiger partial charge in [-0.25, -0.2) is 4.99 Å². The largest absolute Gasteiger partial charge is 0.376 e. The number of rotatable bonds is 8. The number of nitrogens with one attached hydrogen (secondary N) is 2. The van der Waals surface area contributed by atoms with Gasteiger partial charge in [0.25, 0.3) is 5.69 Å². The maximum atomic E-state index is 10.7. The number of nitrogens with zero attached hydrogens (tertiary/aromatic N) is 2. The van der Waals surface area contributed by atoms with Crippen LogP contribution in [0.4, 0.5) is 5.69 Å². The average Bonchev–Trinajstić information content (AvgIpc) is 2.65. The second-order valence-corrected chi connectivity index (χ2v) is 6.86. The lowest BCUT2D eigenvalue weighted by atomic mass is 10.1. The van der Waals surface area contributed by atoms with Gasteiger partial charge in [-0.05, 0) is 31.1 Å². The molecule has 1 saturated heterocycles. The van der Waals surface area contributed by atoms with E-state index in [0.29, 0.717) is 6.54 Å². The molecule has 0 amide bonds. The second kappa shape index (κ2) is 10.9. The zero-order chi connectivity index (χ0) is 17.9. The Balaban J connectivity index is 1.90. The molecule has 0 saturated carbocycles. The molecular weight excluding hydrogens is 340 g/mol. The summed E-state index contributed by atoms with van der Waals surface area (Å²) in [6, 6.07) is 6.50. The van der Waals surface area contributed by atoms with Crippen LogP contribution in [0.15, 0.2) is 29.3 Å². The van der Waals surface area contributed by atoms with Crippen LogP contribution >= 0.6 is 11.8 Å². The van der Waals surface area contributed by atoms with Gasteiger partial charge in [-0.15, -0.1) is 0 Å². The first-order valence-electron chi connectivity index (χ1n) is 8.55. The zero-order valence-electron chi connectivity index (χ0n) is 14.6. The molecule has 0 radical (unpaired) electrons. The summed E-state index contributed by atoms with van der Waals surface area (Å²) < 4.78 is 5.74. The average molecular weight is 366 g/mol. The predicted octanol–water partition coefficient (Wildman–Crippen LogP) is 2.56. The highest BCUT2D eigenvalue weighted by Gasteiger charge is 2.14. The molecule has 0 bridgehead atoms. The summed E-state index contributed by atoms with van der Waals surface area (Å²) >= 11 is 1.77. The van der Waals surface area contributed by atoms with Gasteiger partial charge < -0.3 is 15.4 Å². The van der Waals surface area contributed by atoms with Crippen LogP contribution in [0.5, 0.6) is 0 Å². The fourth-order valence-electron chi connectivity index (χ4n) is 2.52. The van der Waals surface area contributed by atoms with E-state index in [1.165, 1.54) is 18.6 Å². The Morgan fingerprint density at radius 1 is 1.36 bits per heavy atom. The monoisotopic (exact) mass is 366 g/mol. The molecule has 0 spiro atoms. The number of ether oxygens (including phenoxy) is 1. The number of hydrogen-bond acceptors (Lipinski definition) is 5. The quantitative estimate of drug-likeness (QED) is 0.242. The Bertz CT molecular complexity index is 560. The lowest BCUT2D eigenvalue weighted by molar-refractivity contribution is -0.384. The van der Waals surface area contributed by atoms with E-state index in [4.69, 9.17) is 4.74 Å². The molecule has 8 heteroatoms. The van der Waals surface area contributed by atoms with Gasteiger partial charge in [0, 0.05) is 37.6 Å². The SMILES string of the molecule is CSCCNC(=NCc1ccc([N+](=O)[O-])cc1)NCC1CCCCO1. The van der Waals surface area contributed by atoms with E-state index in [0.717, 1.165) is 49.8 Å². The lowest BCUT2D eigenvalue weighted by Gasteiger charge is -2.23. The summed E-state index contributed by atoms with van der Waals surface area (Å²) in [5.41, 5.74) is 1.03. The number of thioether (sulfide) groups is 1. The maximum Gasteiger partial charge on any atom is 0.269 e. The van der Waals surface area contributed by atoms with Crippen molar-refractivity contribution in [3.8, 4) is 0 Å². The van der Waals surface area contributed by atoms with Crippen molar-refractivity contribution in [3.63, 3.8) is 0 Å². The Morgan fingerprint density at radius 2 is 2.16 bits per heavy atom. The molecular formula is C17H26N4O3S. The van der Waals surface area contributed by atoms with Gasteiger partial charge in [0.15, 0.2) is 5.96 Å². The molecule has 1 aromatic rings. The maximum absolute atomic E-state index is 10.7. The first kappa shape index (κ1) is 19.5. The molecule has 1 atom stereocenters. The van der Waals surface area contributed by atoms with Crippen molar-refractivity contribution in [1.82, 2.24) is 10.6 Å². The van der Waals surface area contributed by atoms with Crippen molar-refractivity contribution in [2.24, 2.45) is 4.99 Å². The molecule has 1 unspecified atom stereocenters. The number of benzene rings is 1. The third-order valence-corrected chi connectivity index (χ3v) is 4.55. The minimum Gasteiger partial charge on any atom is -0.376 e. The van der Waals surface area contributed by atoms with Crippen LogP contribution in [-0.4, -0.2) is 48.7 Å². The normalized spacial score (nSPS) is 18.0. The summed E-state index contributed by atoms with van der Waals surface area (Å²) in [6.07, 6.45) is 5.73. The summed E-state index contributed by atoms with van der Waals surface area (Å²) in [5, 5.41) is 17.4. The summed E-state index contributed by atoms with van der Waals surface area (Å²) in [7, 11) is 0. The summed E-state index contributed by atoms with van der Waals surface area (Å²) in [5.74, 6) is 1.75. The molecule has 1 fully saturated rings. The predicted molar refractivity (Wildman–Crippen MR) is 102 cm³/mol. The Kier molecular flexibility index (Phi) is 8.54. The highest BCUT2D eigenvalue weighted by atomic mass is 32.2. The van der Waals surface area contributed by atoms with E-state index in [2.05, 4.69) is 21.9 Å². The van der Waals surface area contributed by atoms with Gasteiger partial charge in [-0.3, -0.25) is 10.1 Å². The van der Waals surface area contributed by atoms with Gasteiger partial charge in [-0.2, -0.15) is 11.8 Å². The number of hydrogen-bond donors (Lipinski definition) is 2. The second-order valence-electron chi connectivity index (χ2n) is 5.88. The van der Waals surface area contributed by atoms with Crippen LogP contribution in [0.3, 0.4) is 0 Å². The first-order chi connectivity index (χ1) is 12.2. The summed E-state index contributed by atoms with van der Waals surface area (Å²) in [6.45, 7) is 2.88.